The van der Waals surface area contributed by atoms with Crippen molar-refractivity contribution in [2.75, 3.05) is 6.54 Å². The number of carboxylic acids is 1. The lowest BCUT2D eigenvalue weighted by molar-refractivity contribution is -0.173. The van der Waals surface area contributed by atoms with Crippen LogP contribution in [0.4, 0.5) is 13.2 Å². The molecule has 110 valence electrons. The molecule has 0 aliphatic carbocycles. The smallest absolute Gasteiger partial charge is 0.471 e. The highest BCUT2D eigenvalue weighted by molar-refractivity contribution is 5.89. The van der Waals surface area contributed by atoms with Gasteiger partial charge in [0.25, 0.3) is 0 Å². The van der Waals surface area contributed by atoms with Crippen LogP contribution in [0.5, 0.6) is 0 Å². The lowest BCUT2D eigenvalue weighted by Crippen LogP contribution is -2.40. The van der Waals surface area contributed by atoms with Crippen LogP contribution in [0.2, 0.25) is 0 Å². The number of fused-ring (bicyclic) bond motifs is 1. The summed E-state index contributed by atoms with van der Waals surface area (Å²) >= 11 is 0. The van der Waals surface area contributed by atoms with Gasteiger partial charge in [-0.05, 0) is 12.8 Å². The Morgan fingerprint density at radius 3 is 2.80 bits per heavy atom. The highest BCUT2D eigenvalue weighted by Gasteiger charge is 2.39. The molecule has 1 aliphatic heterocycles. The molecule has 1 unspecified atom stereocenters. The zero-order valence-electron chi connectivity index (χ0n) is 10.3. The van der Waals surface area contributed by atoms with Crippen LogP contribution in [0, 0.1) is 0 Å². The van der Waals surface area contributed by atoms with Crippen LogP contribution >= 0.6 is 0 Å². The fourth-order valence-corrected chi connectivity index (χ4v) is 2.31. The van der Waals surface area contributed by atoms with E-state index in [-0.39, 0.29) is 12.1 Å². The van der Waals surface area contributed by atoms with Crippen LogP contribution in [-0.2, 0) is 11.3 Å². The van der Waals surface area contributed by atoms with Gasteiger partial charge in [-0.1, -0.05) is 0 Å². The number of hydrogen-bond acceptors (Lipinski definition) is 3. The molecule has 1 aromatic heterocycles. The van der Waals surface area contributed by atoms with Gasteiger partial charge in [-0.2, -0.15) is 18.3 Å². The number of carboxylic acid groups (broad SMARTS) is 1. The van der Waals surface area contributed by atoms with E-state index in [4.69, 9.17) is 5.11 Å². The van der Waals surface area contributed by atoms with Gasteiger partial charge in [0.15, 0.2) is 0 Å². The zero-order valence-corrected chi connectivity index (χ0v) is 10.3. The van der Waals surface area contributed by atoms with Crippen molar-refractivity contribution in [1.82, 2.24) is 15.1 Å². The Balaban J connectivity index is 2.14. The molecule has 2 rings (SSSR count). The molecule has 1 amide bonds. The number of halogens is 3. The number of aromatic carboxylic acids is 1. The van der Waals surface area contributed by atoms with E-state index in [0.29, 0.717) is 25.1 Å². The maximum atomic E-state index is 12.1. The molecule has 0 saturated heterocycles. The maximum absolute atomic E-state index is 12.1. The Morgan fingerprint density at radius 1 is 1.50 bits per heavy atom. The van der Waals surface area contributed by atoms with Crippen LogP contribution < -0.4 is 5.32 Å². The fourth-order valence-electron chi connectivity index (χ4n) is 2.31. The summed E-state index contributed by atoms with van der Waals surface area (Å²) in [7, 11) is 0. The van der Waals surface area contributed by atoms with Crippen molar-refractivity contribution in [1.29, 1.82) is 0 Å². The predicted octanol–water partition coefficient (Wildman–Crippen LogP) is 1.14. The van der Waals surface area contributed by atoms with Crippen LogP contribution in [-0.4, -0.2) is 39.5 Å². The minimum atomic E-state index is -4.94. The Morgan fingerprint density at radius 2 is 2.20 bits per heavy atom. The molecule has 0 fully saturated rings. The molecule has 0 bridgehead atoms. The summed E-state index contributed by atoms with van der Waals surface area (Å²) in [5.74, 6) is -3.69. The summed E-state index contributed by atoms with van der Waals surface area (Å²) in [4.78, 5) is 21.9. The van der Waals surface area contributed by atoms with E-state index in [9.17, 15) is 22.8 Å². The number of nitrogens with one attached hydrogen (secondary N) is 1. The molecule has 2 N–H and O–H groups in total. The van der Waals surface area contributed by atoms with E-state index in [1.807, 2.05) is 0 Å². The third kappa shape index (κ3) is 2.75. The molecule has 6 nitrogen and oxygen atoms in total. The van der Waals surface area contributed by atoms with Gasteiger partial charge in [0.1, 0.15) is 5.56 Å². The molecule has 9 heteroatoms. The van der Waals surface area contributed by atoms with E-state index in [1.54, 1.807) is 5.32 Å². The summed E-state index contributed by atoms with van der Waals surface area (Å²) < 4.78 is 37.8. The van der Waals surface area contributed by atoms with Crippen LogP contribution in [0.15, 0.2) is 6.20 Å². The molecule has 0 radical (unpaired) electrons. The molecule has 2 heterocycles. The first-order chi connectivity index (χ1) is 9.30. The van der Waals surface area contributed by atoms with E-state index < -0.39 is 24.0 Å². The van der Waals surface area contributed by atoms with Gasteiger partial charge in [-0.3, -0.25) is 9.48 Å². The highest BCUT2D eigenvalue weighted by atomic mass is 19.4. The average molecular weight is 291 g/mol. The number of nitrogens with zero attached hydrogens (tertiary/aromatic N) is 2. The molecular formula is C11H12F3N3O3. The summed E-state index contributed by atoms with van der Waals surface area (Å²) in [5.41, 5.74) is 0.335. The zero-order chi connectivity index (χ0) is 14.9. The van der Waals surface area contributed by atoms with Gasteiger partial charge in [0.05, 0.1) is 11.9 Å². The van der Waals surface area contributed by atoms with Gasteiger partial charge >= 0.3 is 18.1 Å². The summed E-state index contributed by atoms with van der Waals surface area (Å²) in [5, 5.41) is 14.7. The Labute approximate surface area is 111 Å². The summed E-state index contributed by atoms with van der Waals surface area (Å²) in [6.07, 6.45) is -2.59. The number of aromatic nitrogens is 2. The first-order valence-corrected chi connectivity index (χ1v) is 5.94. The lowest BCUT2D eigenvalue weighted by atomic mass is 9.93. The van der Waals surface area contributed by atoms with Crippen molar-refractivity contribution < 1.29 is 27.9 Å². The van der Waals surface area contributed by atoms with Crippen LogP contribution in [0.3, 0.4) is 0 Å². The van der Waals surface area contributed by atoms with E-state index >= 15 is 0 Å². The fraction of sp³-hybridized carbons (Fsp3) is 0.545. The molecule has 0 spiro atoms. The van der Waals surface area contributed by atoms with Gasteiger partial charge in [-0.15, -0.1) is 0 Å². The maximum Gasteiger partial charge on any atom is 0.471 e. The SMILES string of the molecule is O=C(O)c1cnn2c1C(CNC(=O)C(F)(F)F)CCC2. The minimum Gasteiger partial charge on any atom is -0.478 e. The number of carbonyl (C=O) groups excluding carboxylic acids is 1. The average Bonchev–Trinajstić information content (AvgIpc) is 2.79. The van der Waals surface area contributed by atoms with E-state index in [2.05, 4.69) is 5.10 Å². The normalized spacial score (nSPS) is 18.4. The first-order valence-electron chi connectivity index (χ1n) is 5.94. The van der Waals surface area contributed by atoms with Crippen molar-refractivity contribution in [2.24, 2.45) is 0 Å². The third-order valence-electron chi connectivity index (χ3n) is 3.19. The summed E-state index contributed by atoms with van der Waals surface area (Å²) in [6.45, 7) is 0.261. The number of carbonyl (C=O) groups is 2. The number of amides is 1. The Hall–Kier alpha value is -2.06. The minimum absolute atomic E-state index is 0.0315. The van der Waals surface area contributed by atoms with E-state index in [1.165, 1.54) is 10.9 Å². The van der Waals surface area contributed by atoms with Crippen molar-refractivity contribution in [3.05, 3.63) is 17.5 Å². The predicted molar refractivity (Wildman–Crippen MR) is 60.2 cm³/mol. The van der Waals surface area contributed by atoms with Gasteiger partial charge < -0.3 is 10.4 Å². The Kier molecular flexibility index (Phi) is 3.69. The van der Waals surface area contributed by atoms with E-state index in [0.717, 1.165) is 0 Å². The number of alkyl halides is 3. The monoisotopic (exact) mass is 291 g/mol. The second-order valence-corrected chi connectivity index (χ2v) is 4.52. The van der Waals surface area contributed by atoms with Crippen molar-refractivity contribution in [2.45, 2.75) is 31.5 Å². The largest absolute Gasteiger partial charge is 0.478 e. The topological polar surface area (TPSA) is 84.2 Å². The molecule has 1 atom stereocenters. The molecule has 1 aromatic rings. The quantitative estimate of drug-likeness (QED) is 0.874. The van der Waals surface area contributed by atoms with Crippen molar-refractivity contribution in [3.8, 4) is 0 Å². The first kappa shape index (κ1) is 14.4. The third-order valence-corrected chi connectivity index (χ3v) is 3.19. The van der Waals surface area contributed by atoms with Crippen molar-refractivity contribution in [3.63, 3.8) is 0 Å². The standard InChI is InChI=1S/C11H12F3N3O3/c12-11(13,14)10(20)15-4-6-2-1-3-17-8(6)7(5-16-17)9(18)19/h5-6H,1-4H2,(H,15,20)(H,18,19). The second kappa shape index (κ2) is 5.14. The second-order valence-electron chi connectivity index (χ2n) is 4.52. The van der Waals surface area contributed by atoms with Gasteiger partial charge in [0.2, 0.25) is 0 Å². The van der Waals surface area contributed by atoms with Crippen LogP contribution in [0.1, 0.15) is 34.8 Å². The molecule has 1 aliphatic rings. The molecule has 0 aromatic carbocycles. The molecule has 0 saturated carbocycles. The molecule has 20 heavy (non-hydrogen) atoms. The van der Waals surface area contributed by atoms with Crippen molar-refractivity contribution >= 4 is 11.9 Å². The Bertz CT molecular complexity index is 539. The number of rotatable bonds is 3. The highest BCUT2D eigenvalue weighted by Crippen LogP contribution is 2.29. The van der Waals surface area contributed by atoms with Gasteiger partial charge in [-0.25, -0.2) is 4.79 Å². The van der Waals surface area contributed by atoms with Gasteiger partial charge in [0, 0.05) is 19.0 Å². The lowest BCUT2D eigenvalue weighted by Gasteiger charge is -2.24. The number of aryl methyl sites for hydroxylation is 1. The number of hydrogen-bond donors (Lipinski definition) is 2. The van der Waals surface area contributed by atoms with Crippen LogP contribution in [0.25, 0.3) is 0 Å². The summed E-state index contributed by atoms with van der Waals surface area (Å²) in [6, 6.07) is 0. The molecular weight excluding hydrogens is 279 g/mol.